The Morgan fingerprint density at radius 2 is 1.87 bits per heavy atom. The molecule has 0 spiro atoms. The highest BCUT2D eigenvalue weighted by Gasteiger charge is 2.35. The van der Waals surface area contributed by atoms with E-state index >= 15 is 0 Å². The predicted octanol–water partition coefficient (Wildman–Crippen LogP) is 4.32. The molecule has 0 bridgehead atoms. The highest BCUT2D eigenvalue weighted by molar-refractivity contribution is 5.81. The van der Waals surface area contributed by atoms with Crippen LogP contribution in [0.3, 0.4) is 0 Å². The molecule has 1 fully saturated rings. The van der Waals surface area contributed by atoms with Gasteiger partial charge in [-0.25, -0.2) is 9.18 Å². The van der Waals surface area contributed by atoms with Crippen molar-refractivity contribution in [2.45, 2.75) is 52.2 Å². The highest BCUT2D eigenvalue weighted by atomic mass is 19.1. The van der Waals surface area contributed by atoms with Gasteiger partial charge in [0.1, 0.15) is 5.82 Å². The van der Waals surface area contributed by atoms with Gasteiger partial charge in [0.2, 0.25) is 5.91 Å². The van der Waals surface area contributed by atoms with Crippen LogP contribution in [0.5, 0.6) is 0 Å². The Balaban J connectivity index is 1.73. The van der Waals surface area contributed by atoms with E-state index < -0.39 is 0 Å². The number of benzene rings is 2. The molecular formula is C24H30FN3O2. The van der Waals surface area contributed by atoms with Crippen LogP contribution in [0.25, 0.3) is 0 Å². The molecule has 2 aromatic rings. The van der Waals surface area contributed by atoms with E-state index in [1.807, 2.05) is 44.2 Å². The fourth-order valence-electron chi connectivity index (χ4n) is 3.89. The smallest absolute Gasteiger partial charge is 0.318 e. The summed E-state index contributed by atoms with van der Waals surface area (Å²) >= 11 is 0. The Kier molecular flexibility index (Phi) is 7.08. The van der Waals surface area contributed by atoms with Crippen molar-refractivity contribution in [1.82, 2.24) is 15.5 Å². The van der Waals surface area contributed by atoms with Crippen LogP contribution in [0.1, 0.15) is 49.4 Å². The van der Waals surface area contributed by atoms with Gasteiger partial charge in [-0.1, -0.05) is 42.5 Å². The standard InChI is InChI=1S/C24H30FN3O2/c1-16(2)27-24(30)28-15-20(23(29)26-14-18-7-5-4-6-8-18)10-12-22(28)19-9-11-21(25)17(3)13-19/h4-9,11,13,16,20,22H,10,12,14-15H2,1-3H3,(H,26,29)(H,27,30). The van der Waals surface area contributed by atoms with Crippen molar-refractivity contribution < 1.29 is 14.0 Å². The van der Waals surface area contributed by atoms with Gasteiger partial charge in [-0.3, -0.25) is 4.79 Å². The normalized spacial score (nSPS) is 18.9. The number of rotatable bonds is 5. The number of halogens is 1. The Hall–Kier alpha value is -2.89. The van der Waals surface area contributed by atoms with Gasteiger partial charge < -0.3 is 15.5 Å². The maximum absolute atomic E-state index is 13.7. The zero-order chi connectivity index (χ0) is 21.7. The molecule has 0 aliphatic carbocycles. The number of likely N-dealkylation sites (tertiary alicyclic amines) is 1. The Morgan fingerprint density at radius 3 is 2.53 bits per heavy atom. The Morgan fingerprint density at radius 1 is 1.13 bits per heavy atom. The number of hydrogen-bond acceptors (Lipinski definition) is 2. The molecule has 160 valence electrons. The Labute approximate surface area is 177 Å². The van der Waals surface area contributed by atoms with Crippen LogP contribution < -0.4 is 10.6 Å². The van der Waals surface area contributed by atoms with Crippen molar-refractivity contribution in [2.75, 3.05) is 6.54 Å². The molecular weight excluding hydrogens is 381 g/mol. The Bertz CT molecular complexity index is 885. The number of carbonyl (C=O) groups is 2. The molecule has 1 heterocycles. The summed E-state index contributed by atoms with van der Waals surface area (Å²) in [6, 6.07) is 14.3. The summed E-state index contributed by atoms with van der Waals surface area (Å²) in [5, 5.41) is 5.93. The van der Waals surface area contributed by atoms with Gasteiger partial charge in [-0.05, 0) is 56.4 Å². The largest absolute Gasteiger partial charge is 0.352 e. The van der Waals surface area contributed by atoms with Crippen LogP contribution >= 0.6 is 0 Å². The molecule has 0 saturated carbocycles. The summed E-state index contributed by atoms with van der Waals surface area (Å²) < 4.78 is 13.7. The monoisotopic (exact) mass is 411 g/mol. The first kappa shape index (κ1) is 21.8. The first-order chi connectivity index (χ1) is 14.3. The molecule has 5 nitrogen and oxygen atoms in total. The van der Waals surface area contributed by atoms with E-state index in [0.29, 0.717) is 31.5 Å². The molecule has 1 aliphatic rings. The van der Waals surface area contributed by atoms with Crippen LogP contribution in [0.2, 0.25) is 0 Å². The first-order valence-corrected chi connectivity index (χ1v) is 10.5. The lowest BCUT2D eigenvalue weighted by molar-refractivity contribution is -0.126. The number of piperidine rings is 1. The van der Waals surface area contributed by atoms with E-state index in [9.17, 15) is 14.0 Å². The summed E-state index contributed by atoms with van der Waals surface area (Å²) in [5.41, 5.74) is 2.49. The molecule has 2 unspecified atom stereocenters. The lowest BCUT2D eigenvalue weighted by Crippen LogP contribution is -2.51. The van der Waals surface area contributed by atoms with Crippen molar-refractivity contribution in [3.05, 3.63) is 71.0 Å². The number of nitrogens with zero attached hydrogens (tertiary/aromatic N) is 1. The zero-order valence-corrected chi connectivity index (χ0v) is 17.8. The summed E-state index contributed by atoms with van der Waals surface area (Å²) in [6.45, 7) is 6.33. The molecule has 2 N–H and O–H groups in total. The predicted molar refractivity (Wildman–Crippen MR) is 115 cm³/mol. The number of amides is 3. The average Bonchev–Trinajstić information content (AvgIpc) is 2.74. The minimum absolute atomic E-state index is 0.0135. The lowest BCUT2D eigenvalue weighted by atomic mass is 9.88. The lowest BCUT2D eigenvalue weighted by Gasteiger charge is -2.40. The van der Waals surface area contributed by atoms with Crippen molar-refractivity contribution >= 4 is 11.9 Å². The fraction of sp³-hybridized carbons (Fsp3) is 0.417. The third-order valence-corrected chi connectivity index (χ3v) is 5.50. The third-order valence-electron chi connectivity index (χ3n) is 5.50. The topological polar surface area (TPSA) is 61.4 Å². The summed E-state index contributed by atoms with van der Waals surface area (Å²) in [6.07, 6.45) is 1.33. The molecule has 30 heavy (non-hydrogen) atoms. The second-order valence-electron chi connectivity index (χ2n) is 8.26. The van der Waals surface area contributed by atoms with Gasteiger partial charge >= 0.3 is 6.03 Å². The number of aryl methyl sites for hydroxylation is 1. The quantitative estimate of drug-likeness (QED) is 0.770. The maximum atomic E-state index is 13.7. The van der Waals surface area contributed by atoms with Crippen LogP contribution in [0, 0.1) is 18.7 Å². The van der Waals surface area contributed by atoms with Crippen LogP contribution in [-0.2, 0) is 11.3 Å². The molecule has 1 aliphatic heterocycles. The van der Waals surface area contributed by atoms with Crippen LogP contribution in [0.4, 0.5) is 9.18 Å². The van der Waals surface area contributed by atoms with Gasteiger partial charge in [0.15, 0.2) is 0 Å². The SMILES string of the molecule is Cc1cc(C2CCC(C(=O)NCc3ccccc3)CN2C(=O)NC(C)C)ccc1F. The second kappa shape index (κ2) is 9.74. The van der Waals surface area contributed by atoms with Gasteiger partial charge in [0.05, 0.1) is 12.0 Å². The summed E-state index contributed by atoms with van der Waals surface area (Å²) in [5.74, 6) is -0.578. The number of carbonyl (C=O) groups excluding carboxylic acids is 2. The number of hydrogen-bond donors (Lipinski definition) is 2. The van der Waals surface area contributed by atoms with E-state index in [1.165, 1.54) is 6.07 Å². The molecule has 3 rings (SSSR count). The number of urea groups is 1. The fourth-order valence-corrected chi connectivity index (χ4v) is 3.89. The van der Waals surface area contributed by atoms with Crippen molar-refractivity contribution in [1.29, 1.82) is 0 Å². The van der Waals surface area contributed by atoms with E-state index in [4.69, 9.17) is 0 Å². The number of nitrogens with one attached hydrogen (secondary N) is 2. The summed E-state index contributed by atoms with van der Waals surface area (Å²) in [4.78, 5) is 27.4. The van der Waals surface area contributed by atoms with E-state index in [1.54, 1.807) is 24.0 Å². The minimum Gasteiger partial charge on any atom is -0.352 e. The molecule has 3 amide bonds. The van der Waals surface area contributed by atoms with Gasteiger partial charge in [0.25, 0.3) is 0 Å². The van der Waals surface area contributed by atoms with E-state index in [0.717, 1.165) is 11.1 Å². The third kappa shape index (κ3) is 5.38. The molecule has 2 atom stereocenters. The van der Waals surface area contributed by atoms with Crippen molar-refractivity contribution in [3.63, 3.8) is 0 Å². The van der Waals surface area contributed by atoms with Gasteiger partial charge in [-0.15, -0.1) is 0 Å². The van der Waals surface area contributed by atoms with Gasteiger partial charge in [0, 0.05) is 19.1 Å². The van der Waals surface area contributed by atoms with Crippen molar-refractivity contribution in [2.24, 2.45) is 5.92 Å². The first-order valence-electron chi connectivity index (χ1n) is 10.5. The average molecular weight is 412 g/mol. The summed E-state index contributed by atoms with van der Waals surface area (Å²) in [7, 11) is 0. The molecule has 1 saturated heterocycles. The van der Waals surface area contributed by atoms with E-state index in [-0.39, 0.29) is 35.8 Å². The minimum atomic E-state index is -0.274. The molecule has 0 radical (unpaired) electrons. The van der Waals surface area contributed by atoms with Crippen LogP contribution in [0.15, 0.2) is 48.5 Å². The van der Waals surface area contributed by atoms with Crippen LogP contribution in [-0.4, -0.2) is 29.4 Å². The maximum Gasteiger partial charge on any atom is 0.318 e. The second-order valence-corrected chi connectivity index (χ2v) is 8.26. The van der Waals surface area contributed by atoms with Crippen molar-refractivity contribution in [3.8, 4) is 0 Å². The molecule has 0 aromatic heterocycles. The highest BCUT2D eigenvalue weighted by Crippen LogP contribution is 2.34. The van der Waals surface area contributed by atoms with Gasteiger partial charge in [-0.2, -0.15) is 0 Å². The van der Waals surface area contributed by atoms with E-state index in [2.05, 4.69) is 10.6 Å². The molecule has 2 aromatic carbocycles. The zero-order valence-electron chi connectivity index (χ0n) is 17.8. The molecule has 6 heteroatoms.